The Hall–Kier alpha value is -2.49. The first-order chi connectivity index (χ1) is 13.2. The van der Waals surface area contributed by atoms with E-state index in [0.29, 0.717) is 24.6 Å². The molecule has 0 aromatic heterocycles. The van der Waals surface area contributed by atoms with Gasteiger partial charge in [-0.15, -0.1) is 11.8 Å². The first-order valence-corrected chi connectivity index (χ1v) is 10.0. The number of benzene rings is 2. The maximum atomic E-state index is 13.2. The Bertz CT molecular complexity index is 779. The Morgan fingerprint density at radius 1 is 1.00 bits per heavy atom. The van der Waals surface area contributed by atoms with E-state index in [-0.39, 0.29) is 18.3 Å². The van der Waals surface area contributed by atoms with Gasteiger partial charge in [0.2, 0.25) is 0 Å². The van der Waals surface area contributed by atoms with Crippen molar-refractivity contribution in [3.63, 3.8) is 0 Å². The van der Waals surface area contributed by atoms with E-state index in [9.17, 15) is 4.79 Å². The van der Waals surface area contributed by atoms with E-state index in [2.05, 4.69) is 6.07 Å². The van der Waals surface area contributed by atoms with Crippen molar-refractivity contribution in [1.82, 2.24) is 9.80 Å². The third-order valence-corrected chi connectivity index (χ3v) is 5.53. The van der Waals surface area contributed by atoms with Gasteiger partial charge in [-0.2, -0.15) is 5.26 Å². The number of carbonyl (C=O) groups excluding carboxylic acids is 1. The van der Waals surface area contributed by atoms with E-state index in [1.54, 1.807) is 12.0 Å². The van der Waals surface area contributed by atoms with Crippen LogP contribution in [-0.4, -0.2) is 46.7 Å². The van der Waals surface area contributed by atoms with Gasteiger partial charge in [-0.3, -0.25) is 4.90 Å². The van der Waals surface area contributed by atoms with Gasteiger partial charge < -0.3 is 9.64 Å². The zero-order chi connectivity index (χ0) is 19.1. The maximum Gasteiger partial charge on any atom is 0.323 e. The zero-order valence-electron chi connectivity index (χ0n) is 15.3. The van der Waals surface area contributed by atoms with Crippen molar-refractivity contribution in [2.24, 2.45) is 0 Å². The number of carbonyl (C=O) groups is 1. The van der Waals surface area contributed by atoms with Crippen molar-refractivity contribution < 1.29 is 9.53 Å². The third kappa shape index (κ3) is 4.62. The quantitative estimate of drug-likeness (QED) is 0.654. The number of thioether (sulfide) groups is 1. The second-order valence-corrected chi connectivity index (χ2v) is 7.41. The molecule has 140 valence electrons. The molecule has 1 aliphatic heterocycles. The van der Waals surface area contributed by atoms with E-state index >= 15 is 0 Å². The Morgan fingerprint density at radius 2 is 1.56 bits per heavy atom. The third-order valence-electron chi connectivity index (χ3n) is 4.62. The fourth-order valence-electron chi connectivity index (χ4n) is 3.36. The number of nitrogens with zero attached hydrogens (tertiary/aromatic N) is 3. The van der Waals surface area contributed by atoms with Gasteiger partial charge in [-0.1, -0.05) is 60.7 Å². The molecule has 0 aliphatic carbocycles. The van der Waals surface area contributed by atoms with Crippen LogP contribution in [-0.2, 0) is 17.8 Å². The molecule has 1 fully saturated rings. The minimum Gasteiger partial charge on any atom is -0.359 e. The number of urea groups is 1. The number of nitriles is 1. The summed E-state index contributed by atoms with van der Waals surface area (Å²) in [7, 11) is 1.64. The molecule has 0 bridgehead atoms. The van der Waals surface area contributed by atoms with Crippen LogP contribution in [0.1, 0.15) is 11.1 Å². The maximum absolute atomic E-state index is 13.2. The molecule has 2 aromatic rings. The van der Waals surface area contributed by atoms with E-state index in [4.69, 9.17) is 10.00 Å². The molecule has 1 saturated heterocycles. The van der Waals surface area contributed by atoms with E-state index < -0.39 is 0 Å². The molecule has 0 saturated carbocycles. The highest BCUT2D eigenvalue weighted by atomic mass is 32.2. The summed E-state index contributed by atoms with van der Waals surface area (Å²) < 4.78 is 5.74. The van der Waals surface area contributed by atoms with Crippen LogP contribution < -0.4 is 0 Å². The van der Waals surface area contributed by atoms with Crippen molar-refractivity contribution in [3.8, 4) is 6.07 Å². The highest BCUT2D eigenvalue weighted by Crippen LogP contribution is 2.29. The molecule has 2 amide bonds. The predicted octanol–water partition coefficient (Wildman–Crippen LogP) is 3.72. The summed E-state index contributed by atoms with van der Waals surface area (Å²) in [5.41, 5.74) is 2.15. The van der Waals surface area contributed by atoms with Crippen LogP contribution in [0.4, 0.5) is 4.79 Å². The second kappa shape index (κ2) is 9.45. The lowest BCUT2D eigenvalue weighted by atomic mass is 10.2. The highest BCUT2D eigenvalue weighted by Gasteiger charge is 2.45. The highest BCUT2D eigenvalue weighted by molar-refractivity contribution is 7.99. The largest absolute Gasteiger partial charge is 0.359 e. The van der Waals surface area contributed by atoms with Crippen LogP contribution in [0.3, 0.4) is 0 Å². The molecule has 0 radical (unpaired) electrons. The van der Waals surface area contributed by atoms with Crippen LogP contribution in [0.5, 0.6) is 0 Å². The summed E-state index contributed by atoms with van der Waals surface area (Å²) in [5, 5.41) is 8.87. The van der Waals surface area contributed by atoms with Gasteiger partial charge in [0, 0.05) is 19.4 Å². The molecular formula is C21H23N3O2S. The summed E-state index contributed by atoms with van der Waals surface area (Å²) in [4.78, 5) is 16.9. The summed E-state index contributed by atoms with van der Waals surface area (Å²) in [6, 6.07) is 21.9. The average molecular weight is 382 g/mol. The number of methoxy groups -OCH3 is 1. The SMILES string of the molecule is COC1[C@H](CSCC#N)N(Cc2ccccc2)C(=O)N1Cc1ccccc1. The molecule has 5 nitrogen and oxygen atoms in total. The Balaban J connectivity index is 1.83. The van der Waals surface area contributed by atoms with E-state index in [1.165, 1.54) is 11.8 Å². The van der Waals surface area contributed by atoms with E-state index in [1.807, 2.05) is 65.6 Å². The molecular weight excluding hydrogens is 358 g/mol. The van der Waals surface area contributed by atoms with Crippen LogP contribution >= 0.6 is 11.8 Å². The Morgan fingerprint density at radius 3 is 2.07 bits per heavy atom. The molecule has 0 spiro atoms. The zero-order valence-corrected chi connectivity index (χ0v) is 16.1. The van der Waals surface area contributed by atoms with Crippen LogP contribution in [0, 0.1) is 11.3 Å². The average Bonchev–Trinajstić information content (AvgIpc) is 2.95. The summed E-state index contributed by atoms with van der Waals surface area (Å²) in [5.74, 6) is 1.06. The first-order valence-electron chi connectivity index (χ1n) is 8.87. The van der Waals surface area contributed by atoms with Gasteiger partial charge in [0.15, 0.2) is 6.23 Å². The van der Waals surface area contributed by atoms with Crippen molar-refractivity contribution in [2.45, 2.75) is 25.4 Å². The monoisotopic (exact) mass is 381 g/mol. The van der Waals surface area contributed by atoms with Gasteiger partial charge in [0.1, 0.15) is 0 Å². The minimum atomic E-state index is -0.340. The van der Waals surface area contributed by atoms with Crippen molar-refractivity contribution in [3.05, 3.63) is 71.8 Å². The number of rotatable bonds is 8. The number of hydrogen-bond acceptors (Lipinski definition) is 4. The molecule has 1 heterocycles. The minimum absolute atomic E-state index is 0.0305. The van der Waals surface area contributed by atoms with Crippen molar-refractivity contribution >= 4 is 17.8 Å². The van der Waals surface area contributed by atoms with Gasteiger partial charge >= 0.3 is 6.03 Å². The number of ether oxygens (including phenoxy) is 1. The van der Waals surface area contributed by atoms with E-state index in [0.717, 1.165) is 11.1 Å². The van der Waals surface area contributed by atoms with Gasteiger partial charge in [-0.25, -0.2) is 4.79 Å². The van der Waals surface area contributed by atoms with Crippen LogP contribution in [0.2, 0.25) is 0 Å². The number of hydrogen-bond donors (Lipinski definition) is 0. The Labute approximate surface area is 164 Å². The molecule has 3 rings (SSSR count). The standard InChI is InChI=1S/C21H23N3O2S/c1-26-20-19(16-27-13-12-22)23(14-17-8-4-2-5-9-17)21(25)24(20)15-18-10-6-3-7-11-18/h2-11,19-20H,13-16H2,1H3/t19-,20?/m0/s1. The summed E-state index contributed by atoms with van der Waals surface area (Å²) >= 11 is 1.53. The summed E-state index contributed by atoms with van der Waals surface area (Å²) in [6.07, 6.45) is -0.340. The van der Waals surface area contributed by atoms with Crippen molar-refractivity contribution in [1.29, 1.82) is 5.26 Å². The number of amides is 2. The molecule has 2 aromatic carbocycles. The van der Waals surface area contributed by atoms with Crippen LogP contribution in [0.25, 0.3) is 0 Å². The molecule has 2 atom stereocenters. The molecule has 0 N–H and O–H groups in total. The lowest BCUT2D eigenvalue weighted by molar-refractivity contribution is -0.00723. The van der Waals surface area contributed by atoms with Crippen LogP contribution in [0.15, 0.2) is 60.7 Å². The Kier molecular flexibility index (Phi) is 6.74. The lowest BCUT2D eigenvalue weighted by Crippen LogP contribution is -2.40. The van der Waals surface area contributed by atoms with Gasteiger partial charge in [0.05, 0.1) is 24.4 Å². The fourth-order valence-corrected chi connectivity index (χ4v) is 4.16. The molecule has 6 heteroatoms. The van der Waals surface area contributed by atoms with Crippen molar-refractivity contribution in [2.75, 3.05) is 18.6 Å². The molecule has 1 aliphatic rings. The van der Waals surface area contributed by atoms with Gasteiger partial charge in [0.25, 0.3) is 0 Å². The topological polar surface area (TPSA) is 56.6 Å². The molecule has 27 heavy (non-hydrogen) atoms. The van der Waals surface area contributed by atoms with Gasteiger partial charge in [-0.05, 0) is 11.1 Å². The summed E-state index contributed by atoms with van der Waals surface area (Å²) in [6.45, 7) is 1.03. The smallest absolute Gasteiger partial charge is 0.323 e. The normalized spacial score (nSPS) is 19.3. The molecule has 1 unspecified atom stereocenters. The first kappa shape index (κ1) is 19.3. The lowest BCUT2D eigenvalue weighted by Gasteiger charge is -2.26. The predicted molar refractivity (Wildman–Crippen MR) is 107 cm³/mol. The fraction of sp³-hybridized carbons (Fsp3) is 0.333. The second-order valence-electron chi connectivity index (χ2n) is 6.38.